The zero-order valence-electron chi connectivity index (χ0n) is 9.29. The molecular formula is C13H6Cl4O2. The van der Waals surface area contributed by atoms with Crippen LogP contribution >= 0.6 is 46.4 Å². The molecule has 0 saturated carbocycles. The van der Waals surface area contributed by atoms with E-state index in [9.17, 15) is 9.59 Å². The quantitative estimate of drug-likeness (QED) is 0.596. The summed E-state index contributed by atoms with van der Waals surface area (Å²) in [5, 5.41) is -1.88. The van der Waals surface area contributed by atoms with E-state index in [-0.39, 0.29) is 20.7 Å². The second-order valence-corrected chi connectivity index (χ2v) is 5.36. The summed E-state index contributed by atoms with van der Waals surface area (Å²) in [6.45, 7) is 0. The first-order valence-corrected chi connectivity index (χ1v) is 6.75. The summed E-state index contributed by atoms with van der Waals surface area (Å²) in [6.07, 6.45) is 0. The van der Waals surface area contributed by atoms with Crippen LogP contribution in [0, 0.1) is 0 Å². The van der Waals surface area contributed by atoms with Crippen molar-refractivity contribution in [2.75, 3.05) is 0 Å². The number of carbonyl (C=O) groups excluding carboxylic acids is 2. The van der Waals surface area contributed by atoms with Crippen LogP contribution in [0.15, 0.2) is 51.0 Å². The van der Waals surface area contributed by atoms with Crippen LogP contribution in [0.25, 0.3) is 0 Å². The van der Waals surface area contributed by atoms with Crippen LogP contribution < -0.4 is 0 Å². The van der Waals surface area contributed by atoms with Crippen LogP contribution in [0.3, 0.4) is 0 Å². The highest BCUT2D eigenvalue weighted by Gasteiger charge is 2.36. The van der Waals surface area contributed by atoms with E-state index >= 15 is 0 Å². The fraction of sp³-hybridized carbons (Fsp3) is 0.0769. The molecule has 0 aliphatic heterocycles. The standard InChI is InChI=1S/C13H6Cl4O2/c14-8(6-4-2-1-3-5-6)7-9(15)13(19)11(17)10(16)12(7)18/h1-5,8H. The topological polar surface area (TPSA) is 34.1 Å². The molecule has 0 heterocycles. The van der Waals surface area contributed by atoms with Gasteiger partial charge in [-0.2, -0.15) is 0 Å². The minimum Gasteiger partial charge on any atom is -0.288 e. The Hall–Kier alpha value is -0.800. The average Bonchev–Trinajstić information content (AvgIpc) is 2.44. The Morgan fingerprint density at radius 3 is 1.89 bits per heavy atom. The number of benzene rings is 1. The van der Waals surface area contributed by atoms with Crippen molar-refractivity contribution in [3.8, 4) is 0 Å². The van der Waals surface area contributed by atoms with Crippen molar-refractivity contribution in [3.63, 3.8) is 0 Å². The first-order valence-electron chi connectivity index (χ1n) is 5.18. The van der Waals surface area contributed by atoms with Crippen LogP contribution in [0.2, 0.25) is 0 Å². The lowest BCUT2D eigenvalue weighted by Gasteiger charge is -2.19. The average molecular weight is 336 g/mol. The van der Waals surface area contributed by atoms with Crippen molar-refractivity contribution in [1.29, 1.82) is 0 Å². The summed E-state index contributed by atoms with van der Waals surface area (Å²) in [6, 6.07) is 8.78. The summed E-state index contributed by atoms with van der Waals surface area (Å²) in [7, 11) is 0. The van der Waals surface area contributed by atoms with Crippen LogP contribution in [-0.4, -0.2) is 11.6 Å². The SMILES string of the molecule is O=C1C(Cl)=C(Cl)C(=O)C(C(Cl)c2ccccc2)=C1Cl. The molecule has 0 amide bonds. The maximum atomic E-state index is 12.1. The Kier molecular flexibility index (Phi) is 4.36. The molecule has 1 aliphatic carbocycles. The van der Waals surface area contributed by atoms with Gasteiger partial charge in [0, 0.05) is 5.57 Å². The monoisotopic (exact) mass is 334 g/mol. The summed E-state index contributed by atoms with van der Waals surface area (Å²) in [5.74, 6) is -1.32. The lowest BCUT2D eigenvalue weighted by atomic mass is 9.95. The number of alkyl halides is 1. The summed E-state index contributed by atoms with van der Waals surface area (Å²) >= 11 is 23.5. The Morgan fingerprint density at radius 2 is 1.32 bits per heavy atom. The number of carbonyl (C=O) groups is 2. The van der Waals surface area contributed by atoms with Gasteiger partial charge in [0.25, 0.3) is 0 Å². The van der Waals surface area contributed by atoms with Crippen molar-refractivity contribution in [2.24, 2.45) is 0 Å². The molecule has 1 atom stereocenters. The number of Topliss-reactive ketones (excluding diaryl/α,β-unsaturated/α-hetero) is 2. The van der Waals surface area contributed by atoms with E-state index in [1.165, 1.54) is 0 Å². The third-order valence-electron chi connectivity index (χ3n) is 2.62. The Balaban J connectivity index is 2.50. The van der Waals surface area contributed by atoms with Crippen molar-refractivity contribution in [1.82, 2.24) is 0 Å². The van der Waals surface area contributed by atoms with E-state index in [1.807, 2.05) is 0 Å². The largest absolute Gasteiger partial charge is 0.288 e. The molecule has 0 aromatic heterocycles. The number of hydrogen-bond acceptors (Lipinski definition) is 2. The molecule has 1 aromatic carbocycles. The zero-order valence-corrected chi connectivity index (χ0v) is 12.3. The van der Waals surface area contributed by atoms with Crippen LogP contribution in [0.5, 0.6) is 0 Å². The normalized spacial score (nSPS) is 18.1. The number of ketones is 2. The molecule has 0 saturated heterocycles. The minimum absolute atomic E-state index is 0.0473. The van der Waals surface area contributed by atoms with E-state index in [0.717, 1.165) is 0 Å². The van der Waals surface area contributed by atoms with Gasteiger partial charge in [0.1, 0.15) is 10.1 Å². The molecule has 1 aromatic rings. The van der Waals surface area contributed by atoms with E-state index in [4.69, 9.17) is 46.4 Å². The van der Waals surface area contributed by atoms with Gasteiger partial charge in [-0.25, -0.2) is 0 Å². The maximum absolute atomic E-state index is 12.1. The number of halogens is 4. The maximum Gasteiger partial charge on any atom is 0.217 e. The first-order chi connectivity index (χ1) is 8.95. The first kappa shape index (κ1) is 14.6. The summed E-state index contributed by atoms with van der Waals surface area (Å²) in [4.78, 5) is 23.8. The molecule has 1 aliphatic rings. The highest BCUT2D eigenvalue weighted by atomic mass is 35.5. The predicted octanol–water partition coefficient (Wildman–Crippen LogP) is 4.30. The smallest absolute Gasteiger partial charge is 0.217 e. The Labute approximate surface area is 129 Å². The molecule has 98 valence electrons. The molecule has 0 radical (unpaired) electrons. The van der Waals surface area contributed by atoms with Crippen molar-refractivity contribution < 1.29 is 9.59 Å². The van der Waals surface area contributed by atoms with Crippen LogP contribution in [0.4, 0.5) is 0 Å². The van der Waals surface area contributed by atoms with Gasteiger partial charge in [-0.15, -0.1) is 11.6 Å². The third kappa shape index (κ3) is 2.59. The second kappa shape index (κ2) is 5.68. The van der Waals surface area contributed by atoms with Gasteiger partial charge >= 0.3 is 0 Å². The Bertz CT molecular complexity index is 617. The number of allylic oxidation sites excluding steroid dienone is 4. The van der Waals surface area contributed by atoms with Gasteiger partial charge in [0.15, 0.2) is 0 Å². The number of hydrogen-bond donors (Lipinski definition) is 0. The molecule has 19 heavy (non-hydrogen) atoms. The lowest BCUT2D eigenvalue weighted by Crippen LogP contribution is -2.20. The third-order valence-corrected chi connectivity index (χ3v) is 4.28. The van der Waals surface area contributed by atoms with E-state index in [0.29, 0.717) is 5.56 Å². The second-order valence-electron chi connectivity index (χ2n) is 3.79. The van der Waals surface area contributed by atoms with E-state index in [2.05, 4.69) is 0 Å². The minimum atomic E-state index is -0.858. The van der Waals surface area contributed by atoms with Gasteiger partial charge in [-0.05, 0) is 5.56 Å². The highest BCUT2D eigenvalue weighted by molar-refractivity contribution is 6.64. The molecule has 1 unspecified atom stereocenters. The molecule has 0 N–H and O–H groups in total. The summed E-state index contributed by atoms with van der Waals surface area (Å²) in [5.41, 5.74) is 0.592. The van der Waals surface area contributed by atoms with Gasteiger partial charge in [0.05, 0.1) is 10.4 Å². The number of rotatable bonds is 2. The molecular weight excluding hydrogens is 330 g/mol. The van der Waals surface area contributed by atoms with Gasteiger partial charge in [-0.1, -0.05) is 65.1 Å². The summed E-state index contributed by atoms with van der Waals surface area (Å²) < 4.78 is 0. The van der Waals surface area contributed by atoms with E-state index < -0.39 is 16.9 Å². The fourth-order valence-corrected chi connectivity index (χ4v) is 2.77. The van der Waals surface area contributed by atoms with Crippen LogP contribution in [-0.2, 0) is 9.59 Å². The zero-order chi connectivity index (χ0) is 14.2. The van der Waals surface area contributed by atoms with Crippen molar-refractivity contribution in [3.05, 3.63) is 56.6 Å². The Morgan fingerprint density at radius 1 is 0.789 bits per heavy atom. The van der Waals surface area contributed by atoms with Crippen molar-refractivity contribution >= 4 is 58.0 Å². The molecule has 2 nitrogen and oxygen atoms in total. The predicted molar refractivity (Wildman–Crippen MR) is 76.7 cm³/mol. The van der Waals surface area contributed by atoms with Crippen LogP contribution in [0.1, 0.15) is 10.9 Å². The van der Waals surface area contributed by atoms with Gasteiger partial charge in [0.2, 0.25) is 11.6 Å². The molecule has 0 fully saturated rings. The lowest BCUT2D eigenvalue weighted by molar-refractivity contribution is -0.115. The van der Waals surface area contributed by atoms with E-state index in [1.54, 1.807) is 30.3 Å². The fourth-order valence-electron chi connectivity index (χ4n) is 1.65. The molecule has 2 rings (SSSR count). The molecule has 6 heteroatoms. The van der Waals surface area contributed by atoms with Gasteiger partial charge in [-0.3, -0.25) is 9.59 Å². The molecule has 0 spiro atoms. The van der Waals surface area contributed by atoms with Crippen molar-refractivity contribution in [2.45, 2.75) is 5.38 Å². The highest BCUT2D eigenvalue weighted by Crippen LogP contribution is 2.40. The van der Waals surface area contributed by atoms with Gasteiger partial charge < -0.3 is 0 Å². The molecule has 0 bridgehead atoms.